The number of nitrogens with zero attached hydrogens (tertiary/aromatic N) is 5. The van der Waals surface area contributed by atoms with Crippen molar-refractivity contribution >= 4 is 26.3 Å². The minimum atomic E-state index is -3.15. The summed E-state index contributed by atoms with van der Waals surface area (Å²) in [4.78, 5) is 0.727. The maximum absolute atomic E-state index is 11.7. The van der Waals surface area contributed by atoms with Crippen LogP contribution in [0.4, 0.5) is 0 Å². The van der Waals surface area contributed by atoms with Gasteiger partial charge in [0, 0.05) is 24.6 Å². The summed E-state index contributed by atoms with van der Waals surface area (Å²) in [6.45, 7) is 2.09. The third-order valence-corrected chi connectivity index (χ3v) is 7.34. The molecule has 0 aliphatic carbocycles. The molecule has 1 saturated heterocycles. The van der Waals surface area contributed by atoms with Crippen molar-refractivity contribution in [2.45, 2.75) is 18.8 Å². The molecule has 0 saturated carbocycles. The van der Waals surface area contributed by atoms with Gasteiger partial charge in [-0.25, -0.2) is 12.7 Å². The van der Waals surface area contributed by atoms with Crippen LogP contribution < -0.4 is 9.47 Å². The number of fused-ring (bicyclic) bond motifs is 2. The fraction of sp³-hybridized carbons (Fsp3) is 0.471. The minimum Gasteiger partial charge on any atom is -0.486 e. The van der Waals surface area contributed by atoms with Gasteiger partial charge < -0.3 is 9.47 Å². The van der Waals surface area contributed by atoms with E-state index in [0.717, 1.165) is 32.9 Å². The normalized spacial score (nSPS) is 18.6. The monoisotopic (exact) mass is 421 g/mol. The quantitative estimate of drug-likeness (QED) is 0.635. The first-order valence-corrected chi connectivity index (χ1v) is 11.7. The van der Waals surface area contributed by atoms with Crippen molar-refractivity contribution in [1.29, 1.82) is 0 Å². The van der Waals surface area contributed by atoms with Gasteiger partial charge in [0.2, 0.25) is 15.0 Å². The summed E-state index contributed by atoms with van der Waals surface area (Å²) in [6, 6.07) is 5.79. The van der Waals surface area contributed by atoms with Crippen LogP contribution in [0, 0.1) is 0 Å². The highest BCUT2D eigenvalue weighted by atomic mass is 32.2. The maximum atomic E-state index is 11.7. The van der Waals surface area contributed by atoms with E-state index in [-0.39, 0.29) is 5.92 Å². The molecule has 2 aromatic heterocycles. The Labute approximate surface area is 165 Å². The van der Waals surface area contributed by atoms with Gasteiger partial charge in [0.1, 0.15) is 18.2 Å². The van der Waals surface area contributed by atoms with E-state index in [1.165, 1.54) is 21.9 Å². The molecule has 0 unspecified atom stereocenters. The van der Waals surface area contributed by atoms with E-state index in [2.05, 4.69) is 10.2 Å². The van der Waals surface area contributed by atoms with E-state index in [1.54, 1.807) is 4.52 Å². The van der Waals surface area contributed by atoms with Crippen molar-refractivity contribution in [3.63, 3.8) is 0 Å². The molecule has 1 fully saturated rings. The van der Waals surface area contributed by atoms with E-state index in [0.29, 0.717) is 39.1 Å². The van der Waals surface area contributed by atoms with Crippen LogP contribution in [0.25, 0.3) is 15.5 Å². The molecule has 2 aliphatic heterocycles. The summed E-state index contributed by atoms with van der Waals surface area (Å²) in [7, 11) is -3.15. The van der Waals surface area contributed by atoms with Gasteiger partial charge >= 0.3 is 0 Å². The van der Waals surface area contributed by atoms with E-state index in [9.17, 15) is 8.42 Å². The summed E-state index contributed by atoms with van der Waals surface area (Å²) in [6.07, 6.45) is 2.68. The van der Waals surface area contributed by atoms with Crippen molar-refractivity contribution < 1.29 is 17.9 Å². The molecular weight excluding hydrogens is 402 g/mol. The first kappa shape index (κ1) is 17.8. The van der Waals surface area contributed by atoms with Crippen LogP contribution in [0.2, 0.25) is 0 Å². The molecule has 9 nitrogen and oxygen atoms in total. The molecule has 0 bridgehead atoms. The molecule has 0 radical (unpaired) electrons. The topological polar surface area (TPSA) is 98.9 Å². The van der Waals surface area contributed by atoms with Gasteiger partial charge in [-0.3, -0.25) is 0 Å². The third kappa shape index (κ3) is 3.12. The van der Waals surface area contributed by atoms with Gasteiger partial charge in [-0.1, -0.05) is 11.3 Å². The van der Waals surface area contributed by atoms with Crippen LogP contribution in [-0.2, 0) is 10.0 Å². The summed E-state index contributed by atoms with van der Waals surface area (Å²) < 4.78 is 38.0. The van der Waals surface area contributed by atoms with Gasteiger partial charge in [-0.15, -0.1) is 10.2 Å². The second kappa shape index (κ2) is 6.68. The number of hydrogen-bond acceptors (Lipinski definition) is 8. The molecule has 4 heterocycles. The number of hydrogen-bond donors (Lipinski definition) is 0. The molecule has 11 heteroatoms. The molecule has 28 heavy (non-hydrogen) atoms. The Morgan fingerprint density at radius 3 is 2.61 bits per heavy atom. The highest BCUT2D eigenvalue weighted by Gasteiger charge is 2.29. The van der Waals surface area contributed by atoms with Crippen molar-refractivity contribution in [2.24, 2.45) is 0 Å². The molecule has 2 aliphatic rings. The molecule has 1 aromatic carbocycles. The minimum absolute atomic E-state index is 0.142. The fourth-order valence-electron chi connectivity index (χ4n) is 3.63. The molecule has 5 rings (SSSR count). The Balaban J connectivity index is 1.42. The van der Waals surface area contributed by atoms with E-state index >= 15 is 0 Å². The maximum Gasteiger partial charge on any atom is 0.234 e. The molecule has 0 amide bonds. The molecule has 0 atom stereocenters. The van der Waals surface area contributed by atoms with Crippen LogP contribution in [0.5, 0.6) is 11.5 Å². The lowest BCUT2D eigenvalue weighted by atomic mass is 9.97. The van der Waals surface area contributed by atoms with E-state index in [1.807, 2.05) is 18.2 Å². The number of benzene rings is 1. The summed E-state index contributed by atoms with van der Waals surface area (Å²) in [5.41, 5.74) is 0.942. The highest BCUT2D eigenvalue weighted by molar-refractivity contribution is 7.88. The van der Waals surface area contributed by atoms with Gasteiger partial charge in [-0.05, 0) is 31.0 Å². The molecule has 0 N–H and O–H groups in total. The second-order valence-electron chi connectivity index (χ2n) is 6.95. The Kier molecular flexibility index (Phi) is 4.25. The Bertz CT molecular complexity index is 1130. The summed E-state index contributed by atoms with van der Waals surface area (Å²) in [5.74, 6) is 2.41. The Morgan fingerprint density at radius 1 is 1.11 bits per heavy atom. The molecular formula is C17H19N5O4S2. The van der Waals surface area contributed by atoms with Crippen molar-refractivity contribution in [1.82, 2.24) is 24.1 Å². The lowest BCUT2D eigenvalue weighted by Gasteiger charge is -2.28. The molecule has 3 aromatic rings. The third-order valence-electron chi connectivity index (χ3n) is 5.09. The number of aromatic nitrogens is 4. The number of piperidine rings is 1. The van der Waals surface area contributed by atoms with Crippen LogP contribution in [0.1, 0.15) is 24.6 Å². The number of ether oxygens (including phenoxy) is 2. The average molecular weight is 422 g/mol. The van der Waals surface area contributed by atoms with Gasteiger partial charge in [0.25, 0.3) is 0 Å². The van der Waals surface area contributed by atoms with Crippen LogP contribution in [-0.4, -0.2) is 65.1 Å². The second-order valence-corrected chi connectivity index (χ2v) is 9.89. The average Bonchev–Trinajstić information content (AvgIpc) is 3.28. The van der Waals surface area contributed by atoms with Crippen molar-refractivity contribution in [3.8, 4) is 22.1 Å². The number of sulfonamides is 1. The first-order valence-electron chi connectivity index (χ1n) is 9.06. The predicted molar refractivity (Wildman–Crippen MR) is 103 cm³/mol. The SMILES string of the molecule is CS(=O)(=O)N1CCC(c2nnc3sc(-c4ccc5c(c4)OCCO5)nn23)CC1. The highest BCUT2D eigenvalue weighted by Crippen LogP contribution is 2.36. The zero-order chi connectivity index (χ0) is 19.3. The lowest BCUT2D eigenvalue weighted by Crippen LogP contribution is -2.37. The molecule has 148 valence electrons. The van der Waals surface area contributed by atoms with E-state index in [4.69, 9.17) is 14.6 Å². The largest absolute Gasteiger partial charge is 0.486 e. The van der Waals surface area contributed by atoms with Gasteiger partial charge in [0.05, 0.1) is 6.26 Å². The molecule has 0 spiro atoms. The van der Waals surface area contributed by atoms with Crippen molar-refractivity contribution in [3.05, 3.63) is 24.0 Å². The van der Waals surface area contributed by atoms with E-state index < -0.39 is 10.0 Å². The summed E-state index contributed by atoms with van der Waals surface area (Å²) >= 11 is 1.47. The van der Waals surface area contributed by atoms with Gasteiger partial charge in [0.15, 0.2) is 17.3 Å². The predicted octanol–water partition coefficient (Wildman–Crippen LogP) is 1.76. The standard InChI is InChI=1S/C17H19N5O4S2/c1-28(23,24)21-6-4-11(5-7-21)15-18-19-17-22(15)20-16(27-17)12-2-3-13-14(10-12)26-9-8-25-13/h2-3,10-11H,4-9H2,1H3. The van der Waals surface area contributed by atoms with Crippen LogP contribution in [0.3, 0.4) is 0 Å². The lowest BCUT2D eigenvalue weighted by molar-refractivity contribution is 0.171. The van der Waals surface area contributed by atoms with Crippen LogP contribution in [0.15, 0.2) is 18.2 Å². The fourth-order valence-corrected chi connectivity index (χ4v) is 5.34. The Hall–Kier alpha value is -2.24. The summed E-state index contributed by atoms with van der Waals surface area (Å²) in [5, 5.41) is 14.1. The smallest absolute Gasteiger partial charge is 0.234 e. The number of rotatable bonds is 3. The first-order chi connectivity index (χ1) is 13.5. The zero-order valence-corrected chi connectivity index (χ0v) is 16.9. The Morgan fingerprint density at radius 2 is 1.86 bits per heavy atom. The van der Waals surface area contributed by atoms with Crippen molar-refractivity contribution in [2.75, 3.05) is 32.6 Å². The van der Waals surface area contributed by atoms with Gasteiger partial charge in [-0.2, -0.15) is 9.61 Å². The zero-order valence-electron chi connectivity index (χ0n) is 15.2. The van der Waals surface area contributed by atoms with Crippen LogP contribution >= 0.6 is 11.3 Å².